The van der Waals surface area contributed by atoms with Gasteiger partial charge in [0.05, 0.1) is 0 Å². The monoisotopic (exact) mass is 765 g/mol. The molecule has 2 heteroatoms. The maximum atomic E-state index is 6.59. The molecule has 0 unspecified atom stereocenters. The van der Waals surface area contributed by atoms with Crippen molar-refractivity contribution in [2.75, 3.05) is 4.90 Å². The number of nitrogens with zero attached hydrogens (tertiary/aromatic N) is 1. The molecule has 1 aromatic heterocycles. The molecule has 282 valence electrons. The zero-order chi connectivity index (χ0) is 39.8. The average Bonchev–Trinajstić information content (AvgIpc) is 3.72. The Labute approximate surface area is 349 Å². The third kappa shape index (κ3) is 6.51. The molecule has 0 atom stereocenters. The number of hydrogen-bond acceptors (Lipinski definition) is 2. The van der Waals surface area contributed by atoms with Crippen LogP contribution in [0.15, 0.2) is 241 Å². The van der Waals surface area contributed by atoms with Gasteiger partial charge >= 0.3 is 0 Å². The highest BCUT2D eigenvalue weighted by atomic mass is 16.3. The molecule has 0 radical (unpaired) electrons. The van der Waals surface area contributed by atoms with Crippen molar-refractivity contribution in [1.29, 1.82) is 0 Å². The molecule has 0 aliphatic carbocycles. The van der Waals surface area contributed by atoms with Gasteiger partial charge in [-0.05, 0) is 115 Å². The number of hydrogen-bond donors (Lipinski definition) is 0. The Bertz CT molecular complexity index is 3280. The molecular weight excluding hydrogens is 727 g/mol. The van der Waals surface area contributed by atoms with E-state index in [1.54, 1.807) is 0 Å². The van der Waals surface area contributed by atoms with E-state index in [0.29, 0.717) is 0 Å². The standard InChI is InChI=1S/C58H39NO/c1-2-14-45(15-3-1)57-55-21-8-9-23-56(55)60-58(57)49-19-10-18-47(39-49)41-26-32-50(33-27-41)59(51-34-28-42(29-35-51)48-25-24-40-12-4-5-16-46(40)38-48)52-36-30-44(31-37-52)54-22-11-17-43-13-6-7-20-53(43)54/h1-39H. The first-order valence-electron chi connectivity index (χ1n) is 20.5. The minimum atomic E-state index is 0.881. The molecule has 60 heavy (non-hydrogen) atoms. The Morgan fingerprint density at radius 2 is 0.783 bits per heavy atom. The summed E-state index contributed by atoms with van der Waals surface area (Å²) in [6.45, 7) is 0. The molecule has 11 rings (SSSR count). The second kappa shape index (κ2) is 15.1. The van der Waals surface area contributed by atoms with Crippen LogP contribution in [0.5, 0.6) is 0 Å². The minimum Gasteiger partial charge on any atom is -0.455 e. The van der Waals surface area contributed by atoms with Crippen molar-refractivity contribution in [2.24, 2.45) is 0 Å². The van der Waals surface area contributed by atoms with E-state index >= 15 is 0 Å². The normalized spacial score (nSPS) is 11.3. The van der Waals surface area contributed by atoms with Gasteiger partial charge in [-0.25, -0.2) is 0 Å². The van der Waals surface area contributed by atoms with Crippen molar-refractivity contribution in [3.05, 3.63) is 237 Å². The van der Waals surface area contributed by atoms with Gasteiger partial charge < -0.3 is 9.32 Å². The second-order valence-electron chi connectivity index (χ2n) is 15.3. The van der Waals surface area contributed by atoms with E-state index in [-0.39, 0.29) is 0 Å². The molecular formula is C58H39NO. The van der Waals surface area contributed by atoms with Crippen molar-refractivity contribution >= 4 is 49.6 Å². The number of benzene rings is 10. The van der Waals surface area contributed by atoms with Crippen LogP contribution in [0.25, 0.3) is 88.3 Å². The van der Waals surface area contributed by atoms with Crippen LogP contribution < -0.4 is 4.90 Å². The SMILES string of the molecule is c1ccc(-c2c(-c3cccc(-c4ccc(N(c5ccc(-c6ccc7ccccc7c6)cc5)c5ccc(-c6cccc7ccccc67)cc5)cc4)c3)oc3ccccc23)cc1. The lowest BCUT2D eigenvalue weighted by Crippen LogP contribution is -2.09. The average molecular weight is 766 g/mol. The van der Waals surface area contributed by atoms with Crippen LogP contribution in [0.2, 0.25) is 0 Å². The lowest BCUT2D eigenvalue weighted by atomic mass is 9.96. The van der Waals surface area contributed by atoms with Gasteiger partial charge in [-0.2, -0.15) is 0 Å². The molecule has 0 aliphatic rings. The number of anilines is 3. The topological polar surface area (TPSA) is 16.4 Å². The highest BCUT2D eigenvalue weighted by Gasteiger charge is 2.19. The molecule has 11 aromatic rings. The van der Waals surface area contributed by atoms with E-state index in [9.17, 15) is 0 Å². The summed E-state index contributed by atoms with van der Waals surface area (Å²) in [5, 5.41) is 6.10. The van der Waals surface area contributed by atoms with Crippen molar-refractivity contribution < 1.29 is 4.42 Å². The first-order chi connectivity index (χ1) is 29.7. The maximum absolute atomic E-state index is 6.59. The van der Waals surface area contributed by atoms with Crippen LogP contribution >= 0.6 is 0 Å². The predicted octanol–water partition coefficient (Wildman–Crippen LogP) is 16.5. The molecule has 0 saturated heterocycles. The Balaban J connectivity index is 0.964. The third-order valence-electron chi connectivity index (χ3n) is 11.7. The van der Waals surface area contributed by atoms with Crippen LogP contribution in [-0.2, 0) is 0 Å². The summed E-state index contributed by atoms with van der Waals surface area (Å²) in [5.41, 5.74) is 14.5. The molecule has 0 fully saturated rings. The van der Waals surface area contributed by atoms with Gasteiger partial charge in [0.25, 0.3) is 0 Å². The lowest BCUT2D eigenvalue weighted by molar-refractivity contribution is 0.632. The van der Waals surface area contributed by atoms with Crippen LogP contribution in [0.4, 0.5) is 17.1 Å². The van der Waals surface area contributed by atoms with E-state index in [2.05, 4.69) is 229 Å². The van der Waals surface area contributed by atoms with Gasteiger partial charge in [0, 0.05) is 33.6 Å². The minimum absolute atomic E-state index is 0.881. The quantitative estimate of drug-likeness (QED) is 0.153. The van der Waals surface area contributed by atoms with Gasteiger partial charge in [-0.15, -0.1) is 0 Å². The predicted molar refractivity (Wildman–Crippen MR) is 253 cm³/mol. The highest BCUT2D eigenvalue weighted by molar-refractivity contribution is 6.02. The molecule has 0 spiro atoms. The van der Waals surface area contributed by atoms with Crippen LogP contribution in [0.1, 0.15) is 0 Å². The van der Waals surface area contributed by atoms with Gasteiger partial charge in [0.1, 0.15) is 11.3 Å². The molecule has 0 N–H and O–H groups in total. The summed E-state index contributed by atoms with van der Waals surface area (Å²) in [6, 6.07) is 84.7. The van der Waals surface area contributed by atoms with Crippen LogP contribution in [0.3, 0.4) is 0 Å². The summed E-state index contributed by atoms with van der Waals surface area (Å²) >= 11 is 0. The molecule has 0 amide bonds. The molecule has 0 bridgehead atoms. The second-order valence-corrected chi connectivity index (χ2v) is 15.3. The molecule has 10 aromatic carbocycles. The van der Waals surface area contributed by atoms with E-state index in [0.717, 1.165) is 61.6 Å². The summed E-state index contributed by atoms with van der Waals surface area (Å²) in [5.74, 6) is 0.881. The van der Waals surface area contributed by atoms with Gasteiger partial charge in [0.2, 0.25) is 0 Å². The number of fused-ring (bicyclic) bond motifs is 3. The molecule has 0 saturated carbocycles. The third-order valence-corrected chi connectivity index (χ3v) is 11.7. The Hall–Kier alpha value is -7.94. The summed E-state index contributed by atoms with van der Waals surface area (Å²) in [7, 11) is 0. The summed E-state index contributed by atoms with van der Waals surface area (Å²) < 4.78 is 6.59. The maximum Gasteiger partial charge on any atom is 0.143 e. The number of para-hydroxylation sites is 1. The summed E-state index contributed by atoms with van der Waals surface area (Å²) in [6.07, 6.45) is 0. The van der Waals surface area contributed by atoms with Gasteiger partial charge in [-0.1, -0.05) is 182 Å². The van der Waals surface area contributed by atoms with E-state index < -0.39 is 0 Å². The Kier molecular flexibility index (Phi) is 8.87. The number of rotatable bonds is 8. The first-order valence-corrected chi connectivity index (χ1v) is 20.5. The fourth-order valence-corrected chi connectivity index (χ4v) is 8.67. The molecule has 1 heterocycles. The first kappa shape index (κ1) is 35.2. The Morgan fingerprint density at radius 1 is 0.283 bits per heavy atom. The zero-order valence-corrected chi connectivity index (χ0v) is 32.9. The van der Waals surface area contributed by atoms with Crippen molar-refractivity contribution in [3.8, 4) is 55.8 Å². The van der Waals surface area contributed by atoms with Crippen LogP contribution in [0, 0.1) is 0 Å². The largest absolute Gasteiger partial charge is 0.455 e. The van der Waals surface area contributed by atoms with Crippen LogP contribution in [-0.4, -0.2) is 0 Å². The smallest absolute Gasteiger partial charge is 0.143 e. The fourth-order valence-electron chi connectivity index (χ4n) is 8.67. The van der Waals surface area contributed by atoms with Crippen molar-refractivity contribution in [3.63, 3.8) is 0 Å². The van der Waals surface area contributed by atoms with E-state index in [4.69, 9.17) is 4.42 Å². The zero-order valence-electron chi connectivity index (χ0n) is 32.9. The van der Waals surface area contributed by atoms with Gasteiger partial charge in [-0.3, -0.25) is 0 Å². The van der Waals surface area contributed by atoms with Crippen molar-refractivity contribution in [1.82, 2.24) is 0 Å². The van der Waals surface area contributed by atoms with Crippen molar-refractivity contribution in [2.45, 2.75) is 0 Å². The molecule has 0 aliphatic heterocycles. The molecule has 2 nitrogen and oxygen atoms in total. The fraction of sp³-hybridized carbons (Fsp3) is 0. The Morgan fingerprint density at radius 3 is 1.50 bits per heavy atom. The number of furan rings is 1. The summed E-state index contributed by atoms with van der Waals surface area (Å²) in [4.78, 5) is 2.35. The van der Waals surface area contributed by atoms with E-state index in [1.807, 2.05) is 12.1 Å². The highest BCUT2D eigenvalue weighted by Crippen LogP contribution is 2.43. The lowest BCUT2D eigenvalue weighted by Gasteiger charge is -2.26. The van der Waals surface area contributed by atoms with Gasteiger partial charge in [0.15, 0.2) is 0 Å². The van der Waals surface area contributed by atoms with E-state index in [1.165, 1.54) is 43.8 Å².